The molecule has 0 atom stereocenters. The molecule has 3 nitrogen and oxygen atoms in total. The number of aromatic amines is 1. The maximum Gasteiger partial charge on any atom is 0.119 e. The van der Waals surface area contributed by atoms with Gasteiger partial charge in [0.05, 0.1) is 7.11 Å². The number of hydrogen-bond donors (Lipinski definition) is 1. The normalized spacial score (nSPS) is 10.9. The van der Waals surface area contributed by atoms with E-state index < -0.39 is 0 Å². The van der Waals surface area contributed by atoms with Crippen molar-refractivity contribution >= 4 is 23.3 Å². The number of fused-ring (bicyclic) bond motifs is 1. The van der Waals surface area contributed by atoms with E-state index in [9.17, 15) is 0 Å². The standard InChI is InChI=1S/C17H24N2O.ClH/c1-5-9-19(13(2)3)10-8-14-12-18-17-7-6-15(20-4)11-16(14)17;/h5-7,11-13,18H,1,8-10H2,2-4H3;1H. The van der Waals surface area contributed by atoms with Gasteiger partial charge in [-0.3, -0.25) is 4.90 Å². The molecular weight excluding hydrogens is 284 g/mol. The molecule has 0 radical (unpaired) electrons. The summed E-state index contributed by atoms with van der Waals surface area (Å²) >= 11 is 0. The Balaban J connectivity index is 0.00000220. The van der Waals surface area contributed by atoms with Crippen LogP contribution in [0.5, 0.6) is 5.75 Å². The van der Waals surface area contributed by atoms with Gasteiger partial charge in [0.1, 0.15) is 5.75 Å². The third-order valence-electron chi connectivity index (χ3n) is 3.74. The van der Waals surface area contributed by atoms with Crippen molar-refractivity contribution in [1.29, 1.82) is 0 Å². The SMILES string of the molecule is C=CCN(CCc1c[nH]c2ccc(OC)cc12)C(C)C.Cl. The summed E-state index contributed by atoms with van der Waals surface area (Å²) in [7, 11) is 1.71. The lowest BCUT2D eigenvalue weighted by Crippen LogP contribution is -2.32. The van der Waals surface area contributed by atoms with E-state index in [4.69, 9.17) is 4.74 Å². The summed E-state index contributed by atoms with van der Waals surface area (Å²) in [5.74, 6) is 0.908. The fraction of sp³-hybridized carbons (Fsp3) is 0.412. The minimum absolute atomic E-state index is 0. The van der Waals surface area contributed by atoms with Gasteiger partial charge in [0, 0.05) is 36.2 Å². The Labute approximate surface area is 133 Å². The second kappa shape index (κ2) is 8.11. The van der Waals surface area contributed by atoms with E-state index in [0.717, 1.165) is 25.3 Å². The molecule has 0 fully saturated rings. The molecule has 0 saturated heterocycles. The smallest absolute Gasteiger partial charge is 0.119 e. The van der Waals surface area contributed by atoms with E-state index in [1.807, 2.05) is 12.1 Å². The van der Waals surface area contributed by atoms with Gasteiger partial charge in [-0.25, -0.2) is 0 Å². The molecule has 0 amide bonds. The van der Waals surface area contributed by atoms with Crippen LogP contribution in [0.4, 0.5) is 0 Å². The first-order valence-corrected chi connectivity index (χ1v) is 7.14. The van der Waals surface area contributed by atoms with Crippen LogP contribution in [0.3, 0.4) is 0 Å². The number of rotatable bonds is 7. The van der Waals surface area contributed by atoms with Crippen molar-refractivity contribution in [1.82, 2.24) is 9.88 Å². The summed E-state index contributed by atoms with van der Waals surface area (Å²) in [6.07, 6.45) is 5.11. The number of nitrogens with one attached hydrogen (secondary N) is 1. The minimum atomic E-state index is 0. The Bertz CT molecular complexity index is 577. The van der Waals surface area contributed by atoms with E-state index in [1.165, 1.54) is 16.5 Å². The van der Waals surface area contributed by atoms with Crippen LogP contribution in [0.25, 0.3) is 10.9 Å². The molecule has 0 spiro atoms. The largest absolute Gasteiger partial charge is 0.497 e. The van der Waals surface area contributed by atoms with Gasteiger partial charge in [-0.05, 0) is 44.0 Å². The van der Waals surface area contributed by atoms with Gasteiger partial charge < -0.3 is 9.72 Å². The molecule has 21 heavy (non-hydrogen) atoms. The first-order valence-electron chi connectivity index (χ1n) is 7.14. The second-order valence-electron chi connectivity index (χ2n) is 5.35. The lowest BCUT2D eigenvalue weighted by atomic mass is 10.1. The number of benzene rings is 1. The average molecular weight is 309 g/mol. The van der Waals surface area contributed by atoms with Crippen LogP contribution in [0, 0.1) is 0 Å². The number of ether oxygens (including phenoxy) is 1. The summed E-state index contributed by atoms with van der Waals surface area (Å²) in [5, 5.41) is 1.26. The average Bonchev–Trinajstić information content (AvgIpc) is 2.85. The van der Waals surface area contributed by atoms with Crippen LogP contribution >= 0.6 is 12.4 Å². The van der Waals surface area contributed by atoms with Crippen LogP contribution in [0.2, 0.25) is 0 Å². The van der Waals surface area contributed by atoms with E-state index in [2.05, 4.69) is 48.6 Å². The van der Waals surface area contributed by atoms with Gasteiger partial charge in [-0.2, -0.15) is 0 Å². The number of hydrogen-bond acceptors (Lipinski definition) is 2. The van der Waals surface area contributed by atoms with Crippen molar-refractivity contribution in [3.8, 4) is 5.75 Å². The molecule has 0 saturated carbocycles. The van der Waals surface area contributed by atoms with Crippen LogP contribution < -0.4 is 4.74 Å². The molecule has 0 aliphatic carbocycles. The van der Waals surface area contributed by atoms with Crippen molar-refractivity contribution in [3.63, 3.8) is 0 Å². The Morgan fingerprint density at radius 3 is 2.76 bits per heavy atom. The number of H-pyrrole nitrogens is 1. The zero-order valence-electron chi connectivity index (χ0n) is 13.1. The Morgan fingerprint density at radius 2 is 2.14 bits per heavy atom. The Kier molecular flexibility index (Phi) is 6.79. The van der Waals surface area contributed by atoms with Gasteiger partial charge in [-0.1, -0.05) is 6.08 Å². The van der Waals surface area contributed by atoms with E-state index in [0.29, 0.717) is 6.04 Å². The molecule has 116 valence electrons. The van der Waals surface area contributed by atoms with Crippen molar-refractivity contribution < 1.29 is 4.74 Å². The van der Waals surface area contributed by atoms with Crippen LogP contribution in [-0.2, 0) is 6.42 Å². The van der Waals surface area contributed by atoms with Gasteiger partial charge in [0.15, 0.2) is 0 Å². The van der Waals surface area contributed by atoms with Gasteiger partial charge in [0.25, 0.3) is 0 Å². The van der Waals surface area contributed by atoms with Crippen LogP contribution in [0.15, 0.2) is 37.1 Å². The first-order chi connectivity index (χ1) is 9.65. The molecule has 2 aromatic rings. The highest BCUT2D eigenvalue weighted by molar-refractivity contribution is 5.85. The topological polar surface area (TPSA) is 28.3 Å². The number of aromatic nitrogens is 1. The number of halogens is 1. The van der Waals surface area contributed by atoms with Gasteiger partial charge in [0.2, 0.25) is 0 Å². The van der Waals surface area contributed by atoms with E-state index >= 15 is 0 Å². The molecule has 4 heteroatoms. The summed E-state index contributed by atoms with van der Waals surface area (Å²) in [4.78, 5) is 5.75. The summed E-state index contributed by atoms with van der Waals surface area (Å²) in [5.41, 5.74) is 2.51. The predicted octanol–water partition coefficient (Wildman–Crippen LogP) is 4.04. The Morgan fingerprint density at radius 1 is 1.38 bits per heavy atom. The van der Waals surface area contributed by atoms with Crippen LogP contribution in [-0.4, -0.2) is 36.1 Å². The third kappa shape index (κ3) is 4.26. The zero-order valence-corrected chi connectivity index (χ0v) is 13.9. The van der Waals surface area contributed by atoms with E-state index in [-0.39, 0.29) is 12.4 Å². The molecule has 1 aromatic carbocycles. The molecular formula is C17H25ClN2O. The molecule has 0 unspecified atom stereocenters. The molecule has 0 bridgehead atoms. The molecule has 0 aliphatic heterocycles. The summed E-state index contributed by atoms with van der Waals surface area (Å²) in [6, 6.07) is 6.70. The van der Waals surface area contributed by atoms with Crippen molar-refractivity contribution in [2.45, 2.75) is 26.3 Å². The molecule has 2 rings (SSSR count). The highest BCUT2D eigenvalue weighted by atomic mass is 35.5. The second-order valence-corrected chi connectivity index (χ2v) is 5.35. The minimum Gasteiger partial charge on any atom is -0.497 e. The predicted molar refractivity (Wildman–Crippen MR) is 92.7 cm³/mol. The lowest BCUT2D eigenvalue weighted by molar-refractivity contribution is 0.249. The maximum absolute atomic E-state index is 5.31. The van der Waals surface area contributed by atoms with Gasteiger partial charge >= 0.3 is 0 Å². The molecule has 1 heterocycles. The third-order valence-corrected chi connectivity index (χ3v) is 3.74. The molecule has 1 N–H and O–H groups in total. The molecule has 0 aliphatic rings. The van der Waals surface area contributed by atoms with Crippen molar-refractivity contribution in [2.24, 2.45) is 0 Å². The first kappa shape index (κ1) is 17.6. The van der Waals surface area contributed by atoms with Crippen molar-refractivity contribution in [2.75, 3.05) is 20.2 Å². The summed E-state index contributed by atoms with van der Waals surface area (Å²) < 4.78 is 5.31. The summed E-state index contributed by atoms with van der Waals surface area (Å²) in [6.45, 7) is 10.3. The molecule has 1 aromatic heterocycles. The highest BCUT2D eigenvalue weighted by Gasteiger charge is 2.10. The van der Waals surface area contributed by atoms with E-state index in [1.54, 1.807) is 7.11 Å². The van der Waals surface area contributed by atoms with Crippen molar-refractivity contribution in [3.05, 3.63) is 42.6 Å². The maximum atomic E-state index is 5.31. The fourth-order valence-electron chi connectivity index (χ4n) is 2.48. The fourth-order valence-corrected chi connectivity index (χ4v) is 2.48. The zero-order chi connectivity index (χ0) is 14.5. The monoisotopic (exact) mass is 308 g/mol. The lowest BCUT2D eigenvalue weighted by Gasteiger charge is -2.24. The van der Waals surface area contributed by atoms with Crippen LogP contribution in [0.1, 0.15) is 19.4 Å². The quantitative estimate of drug-likeness (QED) is 0.782. The van der Waals surface area contributed by atoms with Gasteiger partial charge in [-0.15, -0.1) is 19.0 Å². The number of nitrogens with zero attached hydrogens (tertiary/aromatic N) is 1. The number of methoxy groups -OCH3 is 1. The highest BCUT2D eigenvalue weighted by Crippen LogP contribution is 2.24. The Hall–Kier alpha value is -1.45.